The number of amides is 1. The van der Waals surface area contributed by atoms with Crippen LogP contribution in [-0.4, -0.2) is 43.2 Å². The number of hydrogen-bond donors (Lipinski definition) is 1. The first-order valence-corrected chi connectivity index (χ1v) is 11.7. The van der Waals surface area contributed by atoms with Crippen molar-refractivity contribution >= 4 is 5.91 Å². The molecule has 4 heteroatoms. The van der Waals surface area contributed by atoms with Crippen LogP contribution in [0.15, 0.2) is 30.3 Å². The SMILES string of the molecule is O=C(N[C@H]1CN2CCC1CC2)C12CC3C[C@@](c4ccccc4)(C1)C[C@@]3(CCF)C2. The van der Waals surface area contributed by atoms with Gasteiger partial charge < -0.3 is 10.2 Å². The molecule has 3 heterocycles. The zero-order valence-electron chi connectivity index (χ0n) is 17.3. The van der Waals surface area contributed by atoms with Gasteiger partial charge in [-0.1, -0.05) is 30.3 Å². The lowest BCUT2D eigenvalue weighted by Crippen LogP contribution is -2.60. The van der Waals surface area contributed by atoms with Crippen molar-refractivity contribution in [2.45, 2.75) is 62.8 Å². The number of carbonyl (C=O) groups excluding carboxylic acids is 1. The highest BCUT2D eigenvalue weighted by Crippen LogP contribution is 2.76. The Bertz CT molecular complexity index is 806. The number of benzene rings is 1. The molecule has 1 N–H and O–H groups in total. The molecular weight excluding hydrogens is 363 g/mol. The molecule has 1 aromatic rings. The van der Waals surface area contributed by atoms with Gasteiger partial charge in [-0.25, -0.2) is 0 Å². The number of nitrogens with zero attached hydrogens (tertiary/aromatic N) is 1. The lowest BCUT2D eigenvalue weighted by molar-refractivity contribution is -0.137. The molecule has 0 aromatic heterocycles. The quantitative estimate of drug-likeness (QED) is 0.814. The Morgan fingerprint density at radius 1 is 1.10 bits per heavy atom. The molecule has 156 valence electrons. The van der Waals surface area contributed by atoms with Crippen molar-refractivity contribution in [3.8, 4) is 0 Å². The maximum atomic E-state index is 13.8. The topological polar surface area (TPSA) is 32.3 Å². The molecule has 29 heavy (non-hydrogen) atoms. The number of carbonyl (C=O) groups is 1. The van der Waals surface area contributed by atoms with E-state index in [9.17, 15) is 9.18 Å². The van der Waals surface area contributed by atoms with Crippen molar-refractivity contribution in [3.63, 3.8) is 0 Å². The van der Waals surface area contributed by atoms with Gasteiger partial charge in [-0.05, 0) is 92.7 Å². The van der Waals surface area contributed by atoms with Gasteiger partial charge in [-0.15, -0.1) is 0 Å². The number of piperidine rings is 3. The lowest BCUT2D eigenvalue weighted by Gasteiger charge is -2.49. The fourth-order valence-electron chi connectivity index (χ4n) is 8.60. The Balaban J connectivity index is 1.31. The summed E-state index contributed by atoms with van der Waals surface area (Å²) in [7, 11) is 0. The van der Waals surface area contributed by atoms with Gasteiger partial charge in [0, 0.05) is 12.6 Å². The monoisotopic (exact) mass is 396 g/mol. The first-order chi connectivity index (χ1) is 14.1. The van der Waals surface area contributed by atoms with Crippen molar-refractivity contribution in [1.82, 2.24) is 10.2 Å². The number of nitrogens with one attached hydrogen (secondary N) is 1. The standard InChI is InChI=1S/C25H33FN2O/c26-9-8-23-15-24(19-4-2-1-3-5-19)12-20(23)13-25(16-23,17-24)22(29)27-21-14-28-10-6-18(21)7-11-28/h1-5,18,20-21H,6-17H2,(H,27,29)/t20?,21-,23-,24-,25?/m0/s1. The molecule has 2 unspecified atom stereocenters. The third-order valence-corrected chi connectivity index (χ3v) is 9.63. The molecule has 7 fully saturated rings. The van der Waals surface area contributed by atoms with Gasteiger partial charge in [0.15, 0.2) is 0 Å². The van der Waals surface area contributed by atoms with Crippen LogP contribution in [0, 0.1) is 22.7 Å². The molecule has 3 saturated heterocycles. The highest BCUT2D eigenvalue weighted by molar-refractivity contribution is 5.84. The van der Waals surface area contributed by atoms with Crippen molar-refractivity contribution < 1.29 is 9.18 Å². The van der Waals surface area contributed by atoms with E-state index in [0.29, 0.717) is 30.2 Å². The van der Waals surface area contributed by atoms with E-state index >= 15 is 0 Å². The highest BCUT2D eigenvalue weighted by atomic mass is 19.1. The molecule has 7 aliphatic rings. The van der Waals surface area contributed by atoms with Gasteiger partial charge in [0.05, 0.1) is 12.1 Å². The predicted octanol–water partition coefficient (Wildman–Crippen LogP) is 4.07. The van der Waals surface area contributed by atoms with Crippen LogP contribution in [0.25, 0.3) is 0 Å². The Hall–Kier alpha value is -1.42. The van der Waals surface area contributed by atoms with E-state index in [1.807, 2.05) is 0 Å². The fourth-order valence-corrected chi connectivity index (χ4v) is 8.60. The lowest BCUT2D eigenvalue weighted by atomic mass is 9.56. The second-order valence-electron chi connectivity index (χ2n) is 11.1. The minimum Gasteiger partial charge on any atom is -0.351 e. The van der Waals surface area contributed by atoms with E-state index in [0.717, 1.165) is 38.6 Å². The Morgan fingerprint density at radius 3 is 2.59 bits per heavy atom. The van der Waals surface area contributed by atoms with Crippen LogP contribution in [0.4, 0.5) is 4.39 Å². The molecule has 4 saturated carbocycles. The zero-order chi connectivity index (χ0) is 19.7. The summed E-state index contributed by atoms with van der Waals surface area (Å²) in [4.78, 5) is 16.3. The smallest absolute Gasteiger partial charge is 0.226 e. The molecule has 0 radical (unpaired) electrons. The Labute approximate surface area is 173 Å². The molecule has 3 aliphatic heterocycles. The number of alkyl halides is 1. The van der Waals surface area contributed by atoms with Crippen LogP contribution in [0.2, 0.25) is 0 Å². The highest BCUT2D eigenvalue weighted by Gasteiger charge is 2.71. The average molecular weight is 397 g/mol. The van der Waals surface area contributed by atoms with Crippen LogP contribution in [0.5, 0.6) is 0 Å². The molecule has 1 amide bonds. The maximum absolute atomic E-state index is 13.8. The van der Waals surface area contributed by atoms with Crippen molar-refractivity contribution in [2.24, 2.45) is 22.7 Å². The zero-order valence-corrected chi connectivity index (χ0v) is 17.3. The summed E-state index contributed by atoms with van der Waals surface area (Å²) in [6.07, 6.45) is 8.16. The minimum atomic E-state index is -0.280. The molecule has 1 aromatic carbocycles. The van der Waals surface area contributed by atoms with E-state index in [4.69, 9.17) is 0 Å². The fraction of sp³-hybridized carbons (Fsp3) is 0.720. The first-order valence-electron chi connectivity index (χ1n) is 11.7. The molecule has 3 nitrogen and oxygen atoms in total. The summed E-state index contributed by atoms with van der Waals surface area (Å²) in [5.41, 5.74) is 1.21. The van der Waals surface area contributed by atoms with Crippen molar-refractivity contribution in [1.29, 1.82) is 0 Å². The van der Waals surface area contributed by atoms with E-state index in [1.165, 1.54) is 31.5 Å². The summed E-state index contributed by atoms with van der Waals surface area (Å²) >= 11 is 0. The largest absolute Gasteiger partial charge is 0.351 e. The van der Waals surface area contributed by atoms with E-state index in [-0.39, 0.29) is 22.9 Å². The van der Waals surface area contributed by atoms with Gasteiger partial charge in [-0.3, -0.25) is 9.18 Å². The summed E-state index contributed by atoms with van der Waals surface area (Å²) in [6.45, 7) is 3.16. The van der Waals surface area contributed by atoms with Crippen molar-refractivity contribution in [3.05, 3.63) is 35.9 Å². The molecule has 5 atom stereocenters. The third kappa shape index (κ3) is 2.60. The van der Waals surface area contributed by atoms with E-state index in [2.05, 4.69) is 40.5 Å². The molecule has 8 rings (SSSR count). The normalized spacial score (nSPS) is 46.9. The van der Waals surface area contributed by atoms with E-state index < -0.39 is 0 Å². The van der Waals surface area contributed by atoms with Crippen LogP contribution >= 0.6 is 0 Å². The molecule has 0 spiro atoms. The third-order valence-electron chi connectivity index (χ3n) is 9.63. The number of fused-ring (bicyclic) bond motifs is 3. The Kier molecular flexibility index (Phi) is 3.98. The van der Waals surface area contributed by atoms with Crippen LogP contribution < -0.4 is 5.32 Å². The summed E-state index contributed by atoms with van der Waals surface area (Å²) in [5.74, 6) is 1.45. The van der Waals surface area contributed by atoms with Gasteiger partial charge in [0.2, 0.25) is 5.91 Å². The van der Waals surface area contributed by atoms with Crippen LogP contribution in [-0.2, 0) is 10.2 Å². The maximum Gasteiger partial charge on any atom is 0.226 e. The van der Waals surface area contributed by atoms with Gasteiger partial charge in [-0.2, -0.15) is 0 Å². The van der Waals surface area contributed by atoms with Crippen LogP contribution in [0.3, 0.4) is 0 Å². The minimum absolute atomic E-state index is 0.0370. The predicted molar refractivity (Wildman–Crippen MR) is 111 cm³/mol. The second kappa shape index (κ2) is 6.29. The molecule has 4 aliphatic carbocycles. The average Bonchev–Trinajstić information content (AvgIpc) is 3.10. The molecule has 6 bridgehead atoms. The second-order valence-corrected chi connectivity index (χ2v) is 11.1. The summed E-state index contributed by atoms with van der Waals surface area (Å²) in [6, 6.07) is 11.1. The van der Waals surface area contributed by atoms with Gasteiger partial charge in [0.1, 0.15) is 0 Å². The number of halogens is 1. The Morgan fingerprint density at radius 2 is 1.90 bits per heavy atom. The van der Waals surface area contributed by atoms with Crippen LogP contribution in [0.1, 0.15) is 56.9 Å². The summed E-state index contributed by atoms with van der Waals surface area (Å²) in [5, 5.41) is 3.53. The molecular formula is C25H33FN2O. The van der Waals surface area contributed by atoms with E-state index in [1.54, 1.807) is 0 Å². The number of hydrogen-bond acceptors (Lipinski definition) is 2. The van der Waals surface area contributed by atoms with Gasteiger partial charge >= 0.3 is 0 Å². The van der Waals surface area contributed by atoms with Crippen molar-refractivity contribution in [2.75, 3.05) is 26.3 Å². The first kappa shape index (κ1) is 18.4. The number of rotatable bonds is 5. The summed E-state index contributed by atoms with van der Waals surface area (Å²) < 4.78 is 13.6. The van der Waals surface area contributed by atoms with Gasteiger partial charge in [0.25, 0.3) is 0 Å².